The summed E-state index contributed by atoms with van der Waals surface area (Å²) in [6.07, 6.45) is -0.607. The van der Waals surface area contributed by atoms with Crippen LogP contribution in [0.4, 0.5) is 13.2 Å². The average Bonchev–Trinajstić information content (AvgIpc) is 2.80. The SMILES string of the molecule is O=S(=O)(N1CCOCC1)N1CCC(N2CCC(Oc3ccc(C(F)(F)F)cn3)CC2)CC1. The van der Waals surface area contributed by atoms with E-state index in [0.29, 0.717) is 45.4 Å². The topological polar surface area (TPSA) is 75.2 Å². The number of halogens is 3. The minimum Gasteiger partial charge on any atom is -0.474 e. The van der Waals surface area contributed by atoms with E-state index in [2.05, 4.69) is 9.88 Å². The molecule has 0 bridgehead atoms. The van der Waals surface area contributed by atoms with Gasteiger partial charge in [0, 0.05) is 57.6 Å². The number of ether oxygens (including phenoxy) is 2. The van der Waals surface area contributed by atoms with E-state index in [-0.39, 0.29) is 12.0 Å². The molecule has 3 aliphatic heterocycles. The highest BCUT2D eigenvalue weighted by atomic mass is 32.2. The first-order valence-electron chi connectivity index (χ1n) is 11.0. The molecule has 4 rings (SSSR count). The second-order valence-electron chi connectivity index (χ2n) is 8.39. The molecular formula is C20H29F3N4O4S. The maximum Gasteiger partial charge on any atom is 0.417 e. The van der Waals surface area contributed by atoms with E-state index < -0.39 is 21.9 Å². The molecular weight excluding hydrogens is 449 g/mol. The van der Waals surface area contributed by atoms with Crippen LogP contribution in [0, 0.1) is 0 Å². The summed E-state index contributed by atoms with van der Waals surface area (Å²) in [6.45, 7) is 4.33. The summed E-state index contributed by atoms with van der Waals surface area (Å²) in [5.74, 6) is 0.207. The molecule has 0 aromatic carbocycles. The third-order valence-electron chi connectivity index (χ3n) is 6.39. The molecule has 3 saturated heterocycles. The van der Waals surface area contributed by atoms with E-state index in [9.17, 15) is 21.6 Å². The van der Waals surface area contributed by atoms with Crippen molar-refractivity contribution >= 4 is 10.2 Å². The van der Waals surface area contributed by atoms with Crippen LogP contribution in [0.15, 0.2) is 18.3 Å². The van der Waals surface area contributed by atoms with Crippen molar-refractivity contribution in [2.24, 2.45) is 0 Å². The molecule has 1 aromatic heterocycles. The van der Waals surface area contributed by atoms with Crippen LogP contribution in [0.1, 0.15) is 31.2 Å². The second kappa shape index (κ2) is 9.80. The Labute approximate surface area is 186 Å². The highest BCUT2D eigenvalue weighted by Crippen LogP contribution is 2.30. The van der Waals surface area contributed by atoms with E-state index in [1.165, 1.54) is 10.4 Å². The van der Waals surface area contributed by atoms with Crippen molar-refractivity contribution in [1.82, 2.24) is 18.5 Å². The second-order valence-corrected chi connectivity index (χ2v) is 10.3. The van der Waals surface area contributed by atoms with Gasteiger partial charge in [-0.15, -0.1) is 0 Å². The predicted molar refractivity (Wildman–Crippen MR) is 110 cm³/mol. The molecule has 0 spiro atoms. The number of nitrogens with zero attached hydrogens (tertiary/aromatic N) is 4. The van der Waals surface area contributed by atoms with E-state index in [0.717, 1.165) is 51.0 Å². The number of aromatic nitrogens is 1. The number of hydrogen-bond acceptors (Lipinski definition) is 6. The monoisotopic (exact) mass is 478 g/mol. The first-order chi connectivity index (χ1) is 15.2. The molecule has 0 N–H and O–H groups in total. The Morgan fingerprint density at radius 3 is 2.12 bits per heavy atom. The van der Waals surface area contributed by atoms with Gasteiger partial charge in [0.15, 0.2) is 0 Å². The Bertz CT molecular complexity index is 847. The van der Waals surface area contributed by atoms with Gasteiger partial charge in [0.2, 0.25) is 5.88 Å². The summed E-state index contributed by atoms with van der Waals surface area (Å²) in [6, 6.07) is 2.58. The molecule has 180 valence electrons. The van der Waals surface area contributed by atoms with E-state index in [1.54, 1.807) is 4.31 Å². The fourth-order valence-electron chi connectivity index (χ4n) is 4.53. The Kier molecular flexibility index (Phi) is 7.25. The first kappa shape index (κ1) is 23.7. The summed E-state index contributed by atoms with van der Waals surface area (Å²) in [7, 11) is -3.42. The summed E-state index contributed by atoms with van der Waals surface area (Å²) in [4.78, 5) is 6.16. The zero-order valence-electron chi connectivity index (χ0n) is 17.8. The molecule has 3 aliphatic rings. The van der Waals surface area contributed by atoms with Crippen molar-refractivity contribution in [3.63, 3.8) is 0 Å². The molecule has 8 nitrogen and oxygen atoms in total. The van der Waals surface area contributed by atoms with Crippen LogP contribution in [-0.4, -0.2) is 91.5 Å². The lowest BCUT2D eigenvalue weighted by Crippen LogP contribution is -2.54. The third kappa shape index (κ3) is 5.53. The van der Waals surface area contributed by atoms with Crippen molar-refractivity contribution in [2.75, 3.05) is 52.5 Å². The minimum absolute atomic E-state index is 0.0859. The van der Waals surface area contributed by atoms with E-state index in [4.69, 9.17) is 9.47 Å². The molecule has 32 heavy (non-hydrogen) atoms. The van der Waals surface area contributed by atoms with Gasteiger partial charge in [-0.2, -0.15) is 30.2 Å². The fourth-order valence-corrected chi connectivity index (χ4v) is 6.14. The van der Waals surface area contributed by atoms with E-state index in [1.807, 2.05) is 0 Å². The molecule has 0 unspecified atom stereocenters. The number of pyridine rings is 1. The van der Waals surface area contributed by atoms with Gasteiger partial charge in [-0.1, -0.05) is 0 Å². The molecule has 0 aliphatic carbocycles. The standard InChI is InChI=1S/C20H29F3N4O4S/c21-20(22,23)16-1-2-19(24-15-16)31-18-5-7-25(8-6-18)17-3-9-26(10-4-17)32(28,29)27-11-13-30-14-12-27/h1-2,15,17-18H,3-14H2. The van der Waals surface area contributed by atoms with Gasteiger partial charge in [-0.25, -0.2) is 4.98 Å². The molecule has 1 aromatic rings. The van der Waals surface area contributed by atoms with Crippen LogP contribution in [0.25, 0.3) is 0 Å². The Morgan fingerprint density at radius 2 is 1.56 bits per heavy atom. The van der Waals surface area contributed by atoms with Crippen LogP contribution < -0.4 is 4.74 Å². The number of likely N-dealkylation sites (tertiary alicyclic amines) is 1. The van der Waals surface area contributed by atoms with E-state index >= 15 is 0 Å². The molecule has 0 amide bonds. The van der Waals surface area contributed by atoms with Gasteiger partial charge in [-0.05, 0) is 31.7 Å². The lowest BCUT2D eigenvalue weighted by atomic mass is 10.00. The van der Waals surface area contributed by atoms with Gasteiger partial charge in [0.1, 0.15) is 6.10 Å². The third-order valence-corrected chi connectivity index (χ3v) is 8.43. The largest absolute Gasteiger partial charge is 0.474 e. The van der Waals surface area contributed by atoms with Gasteiger partial charge < -0.3 is 14.4 Å². The van der Waals surface area contributed by atoms with Crippen molar-refractivity contribution < 1.29 is 31.1 Å². The number of morpholine rings is 1. The van der Waals surface area contributed by atoms with Gasteiger partial charge in [-0.3, -0.25) is 0 Å². The van der Waals surface area contributed by atoms with Gasteiger partial charge in [0.05, 0.1) is 18.8 Å². The number of rotatable bonds is 5. The van der Waals surface area contributed by atoms with Crippen molar-refractivity contribution in [1.29, 1.82) is 0 Å². The fraction of sp³-hybridized carbons (Fsp3) is 0.750. The van der Waals surface area contributed by atoms with Crippen LogP contribution in [-0.2, 0) is 21.1 Å². The molecule has 0 atom stereocenters. The maximum absolute atomic E-state index is 12.8. The lowest BCUT2D eigenvalue weighted by Gasteiger charge is -2.42. The summed E-state index contributed by atoms with van der Waals surface area (Å²) in [5.41, 5.74) is -0.790. The summed E-state index contributed by atoms with van der Waals surface area (Å²) >= 11 is 0. The molecule has 0 saturated carbocycles. The molecule has 0 radical (unpaired) electrons. The zero-order valence-corrected chi connectivity index (χ0v) is 18.7. The Hall–Kier alpha value is -1.47. The number of hydrogen-bond donors (Lipinski definition) is 0. The number of alkyl halides is 3. The maximum atomic E-state index is 12.8. The smallest absolute Gasteiger partial charge is 0.417 e. The predicted octanol–water partition coefficient (Wildman–Crippen LogP) is 1.98. The minimum atomic E-state index is -4.41. The van der Waals surface area contributed by atoms with Crippen LogP contribution in [0.3, 0.4) is 0 Å². The summed E-state index contributed by atoms with van der Waals surface area (Å²) in [5, 5.41) is 0. The van der Waals surface area contributed by atoms with Gasteiger partial charge in [0.25, 0.3) is 10.2 Å². The van der Waals surface area contributed by atoms with Gasteiger partial charge >= 0.3 is 6.18 Å². The Morgan fingerprint density at radius 1 is 0.938 bits per heavy atom. The van der Waals surface area contributed by atoms with Crippen LogP contribution in [0.2, 0.25) is 0 Å². The highest BCUT2D eigenvalue weighted by Gasteiger charge is 2.36. The van der Waals surface area contributed by atoms with Crippen molar-refractivity contribution in [2.45, 2.75) is 44.0 Å². The van der Waals surface area contributed by atoms with Crippen molar-refractivity contribution in [3.8, 4) is 5.88 Å². The lowest BCUT2D eigenvalue weighted by molar-refractivity contribution is -0.137. The quantitative estimate of drug-likeness (QED) is 0.645. The van der Waals surface area contributed by atoms with Crippen molar-refractivity contribution in [3.05, 3.63) is 23.9 Å². The first-order valence-corrected chi connectivity index (χ1v) is 12.4. The van der Waals surface area contributed by atoms with Crippen LogP contribution >= 0.6 is 0 Å². The normalized spacial score (nSPS) is 24.0. The van der Waals surface area contributed by atoms with Crippen LogP contribution in [0.5, 0.6) is 5.88 Å². The zero-order chi connectivity index (χ0) is 22.8. The highest BCUT2D eigenvalue weighted by molar-refractivity contribution is 7.86. The Balaban J connectivity index is 1.22. The molecule has 12 heteroatoms. The summed E-state index contributed by atoms with van der Waals surface area (Å²) < 4.78 is 77.7. The average molecular weight is 479 g/mol. The number of piperidine rings is 2. The molecule has 4 heterocycles. The molecule has 3 fully saturated rings.